The van der Waals surface area contributed by atoms with Crippen LogP contribution >= 0.6 is 27.7 Å². The average Bonchev–Trinajstić information content (AvgIpc) is 2.67. The van der Waals surface area contributed by atoms with E-state index in [1.54, 1.807) is 36.4 Å². The van der Waals surface area contributed by atoms with Crippen molar-refractivity contribution in [2.24, 2.45) is 0 Å². The number of hydrogen-bond donors (Lipinski definition) is 1. The Morgan fingerprint density at radius 3 is 2.08 bits per heavy atom. The molecule has 0 heterocycles. The Bertz CT molecular complexity index is 924. The topological polar surface area (TPSA) is 54.4 Å². The number of carboxylic acid groups (broad SMARTS) is 1. The van der Waals surface area contributed by atoms with Crippen LogP contribution in [-0.4, -0.2) is 16.2 Å². The van der Waals surface area contributed by atoms with Gasteiger partial charge in [-0.25, -0.2) is 0 Å². The summed E-state index contributed by atoms with van der Waals surface area (Å²) in [6, 6.07) is 23.8. The van der Waals surface area contributed by atoms with E-state index >= 15 is 0 Å². The van der Waals surface area contributed by atoms with E-state index in [1.165, 1.54) is 0 Å². The van der Waals surface area contributed by atoms with Crippen molar-refractivity contribution in [3.05, 3.63) is 94.5 Å². The first kappa shape index (κ1) is 18.4. The van der Waals surface area contributed by atoms with Gasteiger partial charge >= 0.3 is 5.97 Å². The van der Waals surface area contributed by atoms with Crippen molar-refractivity contribution in [2.75, 3.05) is 0 Å². The maximum Gasteiger partial charge on any atom is 0.321 e. The molecule has 0 amide bonds. The molecule has 0 saturated heterocycles. The van der Waals surface area contributed by atoms with E-state index in [0.29, 0.717) is 11.1 Å². The van der Waals surface area contributed by atoms with Crippen molar-refractivity contribution in [3.8, 4) is 11.1 Å². The molecule has 3 rings (SSSR count). The van der Waals surface area contributed by atoms with Crippen molar-refractivity contribution in [2.45, 2.75) is 5.25 Å². The third kappa shape index (κ3) is 4.23. The van der Waals surface area contributed by atoms with Crippen LogP contribution in [0.1, 0.15) is 21.2 Å². The Hall–Kier alpha value is -2.37. The summed E-state index contributed by atoms with van der Waals surface area (Å²) in [7, 11) is 0. The zero-order valence-corrected chi connectivity index (χ0v) is 16.0. The van der Waals surface area contributed by atoms with Crippen molar-refractivity contribution < 1.29 is 14.7 Å². The Labute approximate surface area is 164 Å². The number of aliphatic carboxylic acids is 1. The van der Waals surface area contributed by atoms with Gasteiger partial charge in [0.2, 0.25) is 5.12 Å². The van der Waals surface area contributed by atoms with E-state index in [9.17, 15) is 14.7 Å². The van der Waals surface area contributed by atoms with Crippen LogP contribution in [-0.2, 0) is 4.79 Å². The molecule has 130 valence electrons. The molecule has 0 saturated carbocycles. The highest BCUT2D eigenvalue weighted by Gasteiger charge is 2.24. The third-order valence-corrected chi connectivity index (χ3v) is 5.71. The van der Waals surface area contributed by atoms with Crippen LogP contribution in [0.25, 0.3) is 11.1 Å². The molecular formula is C21H15BrO3S. The van der Waals surface area contributed by atoms with E-state index in [1.807, 2.05) is 42.5 Å². The van der Waals surface area contributed by atoms with Gasteiger partial charge in [-0.1, -0.05) is 100 Å². The van der Waals surface area contributed by atoms with Gasteiger partial charge < -0.3 is 5.11 Å². The number of carbonyl (C=O) groups excluding carboxylic acids is 1. The Morgan fingerprint density at radius 1 is 0.846 bits per heavy atom. The van der Waals surface area contributed by atoms with Crippen LogP contribution in [0.4, 0.5) is 0 Å². The number of carboxylic acids is 1. The fraction of sp³-hybridized carbons (Fsp3) is 0.0476. The lowest BCUT2D eigenvalue weighted by molar-refractivity contribution is -0.136. The van der Waals surface area contributed by atoms with Crippen LogP contribution in [0.5, 0.6) is 0 Å². The highest BCUT2D eigenvalue weighted by molar-refractivity contribution is 9.10. The molecule has 0 radical (unpaired) electrons. The standard InChI is InChI=1S/C21H15BrO3S/c22-18-9-5-4-8-17(18)14-10-12-15(13-11-14)19(20(23)24)26-21(25)16-6-2-1-3-7-16/h1-13,19H,(H,23,24). The van der Waals surface area contributed by atoms with E-state index in [2.05, 4.69) is 15.9 Å². The number of thioether (sulfide) groups is 1. The predicted molar refractivity (Wildman–Crippen MR) is 108 cm³/mol. The minimum absolute atomic E-state index is 0.257. The Balaban J connectivity index is 1.84. The second-order valence-corrected chi connectivity index (χ2v) is 7.52. The van der Waals surface area contributed by atoms with Crippen LogP contribution < -0.4 is 0 Å². The van der Waals surface area contributed by atoms with Crippen LogP contribution in [0.3, 0.4) is 0 Å². The maximum absolute atomic E-state index is 12.4. The monoisotopic (exact) mass is 426 g/mol. The molecule has 1 N–H and O–H groups in total. The number of hydrogen-bond acceptors (Lipinski definition) is 3. The van der Waals surface area contributed by atoms with Gasteiger partial charge in [0.05, 0.1) is 0 Å². The third-order valence-electron chi connectivity index (χ3n) is 3.86. The average molecular weight is 427 g/mol. The molecule has 0 aliphatic heterocycles. The fourth-order valence-corrected chi connectivity index (χ4v) is 3.94. The summed E-state index contributed by atoms with van der Waals surface area (Å²) >= 11 is 4.34. The van der Waals surface area contributed by atoms with Gasteiger partial charge in [-0.15, -0.1) is 0 Å². The van der Waals surface area contributed by atoms with Crippen molar-refractivity contribution in [1.29, 1.82) is 0 Å². The molecule has 26 heavy (non-hydrogen) atoms. The lowest BCUT2D eigenvalue weighted by Gasteiger charge is -2.13. The molecule has 3 nitrogen and oxygen atoms in total. The fourth-order valence-electron chi connectivity index (χ4n) is 2.54. The highest BCUT2D eigenvalue weighted by atomic mass is 79.9. The van der Waals surface area contributed by atoms with E-state index in [0.717, 1.165) is 27.4 Å². The summed E-state index contributed by atoms with van der Waals surface area (Å²) in [6.45, 7) is 0. The number of rotatable bonds is 5. The van der Waals surface area contributed by atoms with Crippen molar-refractivity contribution >= 4 is 38.8 Å². The number of carbonyl (C=O) groups is 2. The predicted octanol–water partition coefficient (Wildman–Crippen LogP) is 5.82. The van der Waals surface area contributed by atoms with Gasteiger partial charge in [0.1, 0.15) is 5.25 Å². The summed E-state index contributed by atoms with van der Waals surface area (Å²) in [6.07, 6.45) is 0. The molecule has 1 atom stereocenters. The lowest BCUT2D eigenvalue weighted by atomic mass is 10.0. The zero-order chi connectivity index (χ0) is 18.5. The second-order valence-electron chi connectivity index (χ2n) is 5.59. The summed E-state index contributed by atoms with van der Waals surface area (Å²) in [4.78, 5) is 24.1. The van der Waals surface area contributed by atoms with Crippen LogP contribution in [0.15, 0.2) is 83.3 Å². The second kappa shape index (κ2) is 8.34. The van der Waals surface area contributed by atoms with Crippen LogP contribution in [0, 0.1) is 0 Å². The van der Waals surface area contributed by atoms with Gasteiger partial charge in [-0.2, -0.15) is 0 Å². The normalized spacial score (nSPS) is 11.7. The van der Waals surface area contributed by atoms with Gasteiger partial charge in [0, 0.05) is 10.0 Å². The van der Waals surface area contributed by atoms with E-state index < -0.39 is 11.2 Å². The molecule has 3 aromatic rings. The molecule has 0 fully saturated rings. The van der Waals surface area contributed by atoms with Gasteiger partial charge in [0.25, 0.3) is 0 Å². The van der Waals surface area contributed by atoms with Crippen molar-refractivity contribution in [1.82, 2.24) is 0 Å². The molecule has 1 unspecified atom stereocenters. The summed E-state index contributed by atoms with van der Waals surface area (Å²) < 4.78 is 0.969. The highest BCUT2D eigenvalue weighted by Crippen LogP contribution is 2.34. The molecule has 5 heteroatoms. The smallest absolute Gasteiger partial charge is 0.321 e. The zero-order valence-electron chi connectivity index (χ0n) is 13.6. The minimum atomic E-state index is -1.03. The number of halogens is 1. The first-order valence-electron chi connectivity index (χ1n) is 7.90. The Morgan fingerprint density at radius 2 is 1.46 bits per heavy atom. The first-order valence-corrected chi connectivity index (χ1v) is 9.57. The van der Waals surface area contributed by atoms with Gasteiger partial charge in [-0.3, -0.25) is 9.59 Å². The molecule has 3 aromatic carbocycles. The van der Waals surface area contributed by atoms with E-state index in [-0.39, 0.29) is 5.12 Å². The molecular weight excluding hydrogens is 412 g/mol. The molecule has 0 aliphatic rings. The van der Waals surface area contributed by atoms with Crippen LogP contribution in [0.2, 0.25) is 0 Å². The number of benzene rings is 3. The molecule has 0 spiro atoms. The van der Waals surface area contributed by atoms with E-state index in [4.69, 9.17) is 0 Å². The summed E-state index contributed by atoms with van der Waals surface area (Å²) in [5.41, 5.74) is 3.08. The lowest BCUT2D eigenvalue weighted by Crippen LogP contribution is -2.11. The molecule has 0 aromatic heterocycles. The van der Waals surface area contributed by atoms with Gasteiger partial charge in [0.15, 0.2) is 0 Å². The Kier molecular flexibility index (Phi) is 5.91. The maximum atomic E-state index is 12.4. The first-order chi connectivity index (χ1) is 12.6. The SMILES string of the molecule is O=C(SC(C(=O)O)c1ccc(-c2ccccc2Br)cc1)c1ccccc1. The van der Waals surface area contributed by atoms with Gasteiger partial charge in [-0.05, 0) is 22.8 Å². The minimum Gasteiger partial charge on any atom is -0.480 e. The largest absolute Gasteiger partial charge is 0.480 e. The summed E-state index contributed by atoms with van der Waals surface area (Å²) in [5.74, 6) is -1.03. The summed E-state index contributed by atoms with van der Waals surface area (Å²) in [5, 5.41) is 8.37. The molecule has 0 aliphatic carbocycles. The molecule has 0 bridgehead atoms. The van der Waals surface area contributed by atoms with Crippen molar-refractivity contribution in [3.63, 3.8) is 0 Å². The quantitative estimate of drug-likeness (QED) is 0.558.